The van der Waals surface area contributed by atoms with Crippen molar-refractivity contribution >= 4 is 11.8 Å². The van der Waals surface area contributed by atoms with Crippen molar-refractivity contribution in [3.63, 3.8) is 0 Å². The molecule has 1 aromatic rings. The molecule has 1 aliphatic rings. The molecule has 0 amide bonds. The van der Waals surface area contributed by atoms with Gasteiger partial charge in [0.25, 0.3) is 5.92 Å². The first-order valence-electron chi connectivity index (χ1n) is 4.67. The number of alkyl halides is 2. The molecule has 0 nitrogen and oxygen atoms in total. The summed E-state index contributed by atoms with van der Waals surface area (Å²) in [5.41, 5.74) is 0.173. The first-order valence-corrected chi connectivity index (χ1v) is 5.89. The SMILES string of the molecule is CSc1cccc(C(F)(F)C2CC2)c1. The molecule has 1 fully saturated rings. The van der Waals surface area contributed by atoms with Crippen LogP contribution in [0.3, 0.4) is 0 Å². The Morgan fingerprint density at radius 3 is 2.64 bits per heavy atom. The fraction of sp³-hybridized carbons (Fsp3) is 0.455. The second kappa shape index (κ2) is 3.54. The van der Waals surface area contributed by atoms with Crippen molar-refractivity contribution in [2.45, 2.75) is 23.7 Å². The fourth-order valence-electron chi connectivity index (χ4n) is 1.51. The molecule has 0 radical (unpaired) electrons. The van der Waals surface area contributed by atoms with E-state index in [4.69, 9.17) is 0 Å². The monoisotopic (exact) mass is 214 g/mol. The van der Waals surface area contributed by atoms with Crippen LogP contribution < -0.4 is 0 Å². The Balaban J connectivity index is 2.30. The molecule has 2 rings (SSSR count). The molecular formula is C11H12F2S. The van der Waals surface area contributed by atoms with Crippen LogP contribution in [0.15, 0.2) is 29.2 Å². The molecule has 0 heterocycles. The second-order valence-corrected chi connectivity index (χ2v) is 4.51. The highest BCUT2D eigenvalue weighted by Crippen LogP contribution is 2.49. The number of hydrogen-bond donors (Lipinski definition) is 0. The third-order valence-corrected chi connectivity index (χ3v) is 3.27. The lowest BCUT2D eigenvalue weighted by Gasteiger charge is -2.16. The topological polar surface area (TPSA) is 0 Å². The number of rotatable bonds is 3. The van der Waals surface area contributed by atoms with Crippen LogP contribution in [0, 0.1) is 5.92 Å². The zero-order valence-corrected chi connectivity index (χ0v) is 8.78. The Bertz CT molecular complexity index is 332. The fourth-order valence-corrected chi connectivity index (χ4v) is 1.97. The highest BCUT2D eigenvalue weighted by Gasteiger charge is 2.47. The third-order valence-electron chi connectivity index (χ3n) is 2.54. The maximum Gasteiger partial charge on any atom is 0.276 e. The van der Waals surface area contributed by atoms with Gasteiger partial charge >= 0.3 is 0 Å². The first kappa shape index (κ1) is 9.97. The van der Waals surface area contributed by atoms with Gasteiger partial charge < -0.3 is 0 Å². The lowest BCUT2D eigenvalue weighted by Crippen LogP contribution is -2.15. The summed E-state index contributed by atoms with van der Waals surface area (Å²) in [5, 5.41) is 0. The highest BCUT2D eigenvalue weighted by molar-refractivity contribution is 7.98. The molecule has 0 N–H and O–H groups in total. The quantitative estimate of drug-likeness (QED) is 0.687. The predicted molar refractivity (Wildman–Crippen MR) is 54.8 cm³/mol. The van der Waals surface area contributed by atoms with E-state index in [2.05, 4.69) is 0 Å². The van der Waals surface area contributed by atoms with Crippen LogP contribution >= 0.6 is 11.8 Å². The van der Waals surface area contributed by atoms with Gasteiger partial charge in [0.15, 0.2) is 0 Å². The Labute approximate surface area is 86.7 Å². The van der Waals surface area contributed by atoms with E-state index >= 15 is 0 Å². The molecule has 0 atom stereocenters. The molecular weight excluding hydrogens is 202 g/mol. The van der Waals surface area contributed by atoms with Crippen LogP contribution in [-0.4, -0.2) is 6.26 Å². The van der Waals surface area contributed by atoms with Crippen molar-refractivity contribution in [1.82, 2.24) is 0 Å². The van der Waals surface area contributed by atoms with E-state index in [0.29, 0.717) is 12.8 Å². The Hall–Kier alpha value is -0.570. The summed E-state index contributed by atoms with van der Waals surface area (Å²) in [6.45, 7) is 0. The zero-order valence-electron chi connectivity index (χ0n) is 7.97. The van der Waals surface area contributed by atoms with E-state index in [1.165, 1.54) is 17.8 Å². The molecule has 0 aliphatic heterocycles. The highest BCUT2D eigenvalue weighted by atomic mass is 32.2. The van der Waals surface area contributed by atoms with Gasteiger partial charge in [-0.2, -0.15) is 0 Å². The van der Waals surface area contributed by atoms with Gasteiger partial charge in [-0.25, -0.2) is 8.78 Å². The van der Waals surface area contributed by atoms with Crippen molar-refractivity contribution in [2.75, 3.05) is 6.26 Å². The Morgan fingerprint density at radius 1 is 1.36 bits per heavy atom. The van der Waals surface area contributed by atoms with Gasteiger partial charge in [-0.05, 0) is 31.2 Å². The first-order chi connectivity index (χ1) is 6.64. The van der Waals surface area contributed by atoms with Gasteiger partial charge in [0.2, 0.25) is 0 Å². The van der Waals surface area contributed by atoms with Crippen molar-refractivity contribution in [3.8, 4) is 0 Å². The largest absolute Gasteiger partial charge is 0.276 e. The van der Waals surface area contributed by atoms with Crippen LogP contribution in [0.5, 0.6) is 0 Å². The van der Waals surface area contributed by atoms with Crippen molar-refractivity contribution < 1.29 is 8.78 Å². The molecule has 0 spiro atoms. The number of benzene rings is 1. The molecule has 76 valence electrons. The van der Waals surface area contributed by atoms with Gasteiger partial charge in [0.05, 0.1) is 0 Å². The van der Waals surface area contributed by atoms with Gasteiger partial charge in [-0.3, -0.25) is 0 Å². The average Bonchev–Trinajstić information content (AvgIpc) is 3.01. The van der Waals surface area contributed by atoms with Gasteiger partial charge in [-0.1, -0.05) is 12.1 Å². The van der Waals surface area contributed by atoms with E-state index in [1.807, 2.05) is 12.3 Å². The molecule has 0 bridgehead atoms. The molecule has 1 saturated carbocycles. The Morgan fingerprint density at radius 2 is 2.07 bits per heavy atom. The lowest BCUT2D eigenvalue weighted by molar-refractivity contribution is -0.0287. The maximum absolute atomic E-state index is 13.6. The van der Waals surface area contributed by atoms with E-state index in [-0.39, 0.29) is 5.56 Å². The molecule has 1 aromatic carbocycles. The van der Waals surface area contributed by atoms with E-state index in [1.54, 1.807) is 12.1 Å². The predicted octanol–water partition coefficient (Wildman–Crippen LogP) is 3.91. The van der Waals surface area contributed by atoms with Gasteiger partial charge in [0, 0.05) is 16.4 Å². The summed E-state index contributed by atoms with van der Waals surface area (Å²) in [6, 6.07) is 6.69. The third kappa shape index (κ3) is 1.78. The minimum Gasteiger partial charge on any atom is -0.201 e. The van der Waals surface area contributed by atoms with E-state index in [9.17, 15) is 8.78 Å². The molecule has 0 saturated heterocycles. The summed E-state index contributed by atoms with van der Waals surface area (Å²) >= 11 is 1.50. The molecule has 1 aliphatic carbocycles. The minimum absolute atomic E-state index is 0.173. The van der Waals surface area contributed by atoms with Crippen LogP contribution in [0.1, 0.15) is 18.4 Å². The number of hydrogen-bond acceptors (Lipinski definition) is 1. The van der Waals surface area contributed by atoms with Crippen LogP contribution in [0.2, 0.25) is 0 Å². The van der Waals surface area contributed by atoms with Crippen LogP contribution in [0.25, 0.3) is 0 Å². The average molecular weight is 214 g/mol. The summed E-state index contributed by atoms with van der Waals surface area (Å²) in [7, 11) is 0. The van der Waals surface area contributed by atoms with Crippen LogP contribution in [-0.2, 0) is 5.92 Å². The standard InChI is InChI=1S/C11H12F2S/c1-14-10-4-2-3-9(7-10)11(12,13)8-5-6-8/h2-4,7-8H,5-6H2,1H3. The zero-order chi connectivity index (χ0) is 10.2. The lowest BCUT2D eigenvalue weighted by atomic mass is 10.0. The number of halogens is 2. The molecule has 14 heavy (non-hydrogen) atoms. The van der Waals surface area contributed by atoms with Gasteiger partial charge in [0.1, 0.15) is 0 Å². The molecule has 0 unspecified atom stereocenters. The maximum atomic E-state index is 13.6. The minimum atomic E-state index is -2.62. The van der Waals surface area contributed by atoms with Crippen molar-refractivity contribution in [1.29, 1.82) is 0 Å². The Kier molecular flexibility index (Phi) is 2.52. The van der Waals surface area contributed by atoms with E-state index < -0.39 is 11.8 Å². The van der Waals surface area contributed by atoms with Crippen molar-refractivity contribution in [3.05, 3.63) is 29.8 Å². The summed E-state index contributed by atoms with van der Waals surface area (Å²) in [6.07, 6.45) is 3.22. The molecule has 0 aromatic heterocycles. The smallest absolute Gasteiger partial charge is 0.201 e. The normalized spacial score (nSPS) is 17.1. The summed E-state index contributed by atoms with van der Waals surface area (Å²) in [5.74, 6) is -3.04. The number of thioether (sulfide) groups is 1. The van der Waals surface area contributed by atoms with E-state index in [0.717, 1.165) is 4.90 Å². The van der Waals surface area contributed by atoms with Crippen molar-refractivity contribution in [2.24, 2.45) is 5.92 Å². The summed E-state index contributed by atoms with van der Waals surface area (Å²) in [4.78, 5) is 0.905. The summed E-state index contributed by atoms with van der Waals surface area (Å²) < 4.78 is 27.3. The van der Waals surface area contributed by atoms with Gasteiger partial charge in [-0.15, -0.1) is 11.8 Å². The second-order valence-electron chi connectivity index (χ2n) is 3.63. The van der Waals surface area contributed by atoms with Crippen LogP contribution in [0.4, 0.5) is 8.78 Å². The molecule has 3 heteroatoms.